The van der Waals surface area contributed by atoms with Gasteiger partial charge in [0.05, 0.1) is 0 Å². The molecule has 17 heavy (non-hydrogen) atoms. The molecule has 0 aliphatic carbocycles. The lowest BCUT2D eigenvalue weighted by Gasteiger charge is -2.22. The molecule has 92 valence electrons. The van der Waals surface area contributed by atoms with Crippen molar-refractivity contribution in [2.75, 3.05) is 6.61 Å². The Morgan fingerprint density at radius 2 is 2.06 bits per heavy atom. The minimum Gasteiger partial charge on any atom is -0.396 e. The van der Waals surface area contributed by atoms with Crippen LogP contribution in [0.5, 0.6) is 0 Å². The summed E-state index contributed by atoms with van der Waals surface area (Å²) in [6.45, 7) is 7.29. The molecule has 0 aliphatic heterocycles. The van der Waals surface area contributed by atoms with Crippen molar-refractivity contribution in [3.63, 3.8) is 0 Å². The maximum Gasteiger partial charge on any atom is 0.0499 e. The third-order valence-electron chi connectivity index (χ3n) is 3.07. The van der Waals surface area contributed by atoms with E-state index in [0.717, 1.165) is 11.0 Å². The van der Waals surface area contributed by atoms with Gasteiger partial charge >= 0.3 is 0 Å². The number of aliphatic hydroxyl groups is 1. The van der Waals surface area contributed by atoms with Crippen molar-refractivity contribution in [3.8, 4) is 0 Å². The van der Waals surface area contributed by atoms with Gasteiger partial charge in [0, 0.05) is 40.1 Å². The van der Waals surface area contributed by atoms with E-state index in [1.807, 2.05) is 0 Å². The second-order valence-electron chi connectivity index (χ2n) is 5.42. The van der Waals surface area contributed by atoms with E-state index in [1.165, 1.54) is 16.5 Å². The second-order valence-corrected chi connectivity index (χ2v) is 6.34. The summed E-state index contributed by atoms with van der Waals surface area (Å²) >= 11 is 3.51. The maximum atomic E-state index is 9.37. The van der Waals surface area contributed by atoms with Gasteiger partial charge in [-0.1, -0.05) is 35.8 Å². The molecule has 1 aromatic carbocycles. The van der Waals surface area contributed by atoms with Crippen molar-refractivity contribution in [3.05, 3.63) is 34.4 Å². The molecular weight excluding hydrogens is 278 g/mol. The third-order valence-corrected chi connectivity index (χ3v) is 3.56. The Balaban J connectivity index is 2.51. The van der Waals surface area contributed by atoms with E-state index in [0.29, 0.717) is 0 Å². The average Bonchev–Trinajstić information content (AvgIpc) is 2.55. The van der Waals surface area contributed by atoms with Crippen LogP contribution in [0.3, 0.4) is 0 Å². The van der Waals surface area contributed by atoms with Gasteiger partial charge in [-0.3, -0.25) is 0 Å². The van der Waals surface area contributed by atoms with Gasteiger partial charge in [-0.25, -0.2) is 0 Å². The molecular formula is C14H18BrNO. The highest BCUT2D eigenvalue weighted by atomic mass is 79.9. The number of aliphatic hydroxyl groups excluding tert-OH is 1. The van der Waals surface area contributed by atoms with Crippen LogP contribution >= 0.6 is 15.9 Å². The van der Waals surface area contributed by atoms with Crippen molar-refractivity contribution in [2.24, 2.45) is 5.41 Å². The number of aromatic nitrogens is 1. The highest BCUT2D eigenvalue weighted by Gasteiger charge is 2.18. The van der Waals surface area contributed by atoms with Gasteiger partial charge in [0.1, 0.15) is 0 Å². The smallest absolute Gasteiger partial charge is 0.0499 e. The van der Waals surface area contributed by atoms with Crippen LogP contribution < -0.4 is 0 Å². The first kappa shape index (κ1) is 12.7. The predicted molar refractivity (Wildman–Crippen MR) is 75.2 cm³/mol. The van der Waals surface area contributed by atoms with Crippen molar-refractivity contribution in [2.45, 2.75) is 27.3 Å². The molecule has 0 spiro atoms. The van der Waals surface area contributed by atoms with Crippen LogP contribution in [0.4, 0.5) is 0 Å². The molecule has 2 nitrogen and oxygen atoms in total. The van der Waals surface area contributed by atoms with Crippen LogP contribution in [0.1, 0.15) is 19.4 Å². The molecule has 0 aliphatic rings. The zero-order chi connectivity index (χ0) is 12.6. The Hall–Kier alpha value is -0.800. The van der Waals surface area contributed by atoms with Gasteiger partial charge in [-0.15, -0.1) is 0 Å². The quantitative estimate of drug-likeness (QED) is 0.917. The van der Waals surface area contributed by atoms with E-state index in [-0.39, 0.29) is 12.0 Å². The minimum absolute atomic E-state index is 0.0965. The number of hydrogen-bond acceptors (Lipinski definition) is 1. The molecule has 2 aromatic rings. The Labute approximate surface area is 110 Å². The van der Waals surface area contributed by atoms with Gasteiger partial charge in [0.2, 0.25) is 0 Å². The van der Waals surface area contributed by atoms with Crippen molar-refractivity contribution >= 4 is 26.8 Å². The number of nitrogens with zero attached hydrogens (tertiary/aromatic N) is 1. The summed E-state index contributed by atoms with van der Waals surface area (Å²) in [6.07, 6.45) is 2.16. The number of rotatable bonds is 3. The Morgan fingerprint density at radius 1 is 1.35 bits per heavy atom. The summed E-state index contributed by atoms with van der Waals surface area (Å²) in [6, 6.07) is 6.34. The molecule has 0 amide bonds. The molecule has 0 saturated heterocycles. The number of benzene rings is 1. The maximum absolute atomic E-state index is 9.37. The highest BCUT2D eigenvalue weighted by molar-refractivity contribution is 9.10. The number of aryl methyl sites for hydroxylation is 1. The van der Waals surface area contributed by atoms with E-state index >= 15 is 0 Å². The molecule has 1 N–H and O–H groups in total. The first-order valence-corrected chi connectivity index (χ1v) is 6.58. The molecule has 2 rings (SSSR count). The van der Waals surface area contributed by atoms with E-state index in [4.69, 9.17) is 0 Å². The Kier molecular flexibility index (Phi) is 3.32. The monoisotopic (exact) mass is 295 g/mol. The number of fused-ring (bicyclic) bond motifs is 1. The summed E-state index contributed by atoms with van der Waals surface area (Å²) in [5.74, 6) is 0. The van der Waals surface area contributed by atoms with Crippen LogP contribution in [-0.2, 0) is 6.54 Å². The first-order chi connectivity index (χ1) is 7.93. The average molecular weight is 296 g/mol. The lowest BCUT2D eigenvalue weighted by molar-refractivity contribution is 0.142. The minimum atomic E-state index is -0.0965. The summed E-state index contributed by atoms with van der Waals surface area (Å²) in [4.78, 5) is 0. The molecule has 1 aromatic heterocycles. The fourth-order valence-electron chi connectivity index (χ4n) is 2.09. The normalized spacial score (nSPS) is 12.3. The summed E-state index contributed by atoms with van der Waals surface area (Å²) in [5, 5.41) is 10.6. The van der Waals surface area contributed by atoms with Crippen LogP contribution in [0.2, 0.25) is 0 Å². The van der Waals surface area contributed by atoms with E-state index in [9.17, 15) is 5.11 Å². The fourth-order valence-corrected chi connectivity index (χ4v) is 2.44. The first-order valence-electron chi connectivity index (χ1n) is 5.79. The zero-order valence-electron chi connectivity index (χ0n) is 10.5. The molecule has 0 fully saturated rings. The lowest BCUT2D eigenvalue weighted by Crippen LogP contribution is -2.23. The van der Waals surface area contributed by atoms with E-state index < -0.39 is 0 Å². The molecule has 0 atom stereocenters. The van der Waals surface area contributed by atoms with Crippen LogP contribution in [-0.4, -0.2) is 16.3 Å². The summed E-state index contributed by atoms with van der Waals surface area (Å²) in [7, 11) is 0. The third kappa shape index (κ3) is 2.55. The molecule has 1 heterocycles. The van der Waals surface area contributed by atoms with E-state index in [1.54, 1.807) is 0 Å². The molecule has 0 unspecified atom stereocenters. The van der Waals surface area contributed by atoms with Gasteiger partial charge in [0.25, 0.3) is 0 Å². The molecule has 0 saturated carbocycles. The molecule has 0 bridgehead atoms. The Morgan fingerprint density at radius 3 is 2.71 bits per heavy atom. The SMILES string of the molecule is Cc1cn(CC(C)(C)CO)c2cc(Br)ccc12. The topological polar surface area (TPSA) is 25.2 Å². The van der Waals surface area contributed by atoms with E-state index in [2.05, 4.69) is 65.7 Å². The zero-order valence-corrected chi connectivity index (χ0v) is 12.1. The van der Waals surface area contributed by atoms with Crippen LogP contribution in [0.25, 0.3) is 10.9 Å². The largest absolute Gasteiger partial charge is 0.396 e. The van der Waals surface area contributed by atoms with Gasteiger partial charge < -0.3 is 9.67 Å². The Bertz CT molecular complexity index is 542. The van der Waals surface area contributed by atoms with Crippen molar-refractivity contribution in [1.29, 1.82) is 0 Å². The van der Waals surface area contributed by atoms with Crippen molar-refractivity contribution in [1.82, 2.24) is 4.57 Å². The highest BCUT2D eigenvalue weighted by Crippen LogP contribution is 2.27. The summed E-state index contributed by atoms with van der Waals surface area (Å²) in [5.41, 5.74) is 2.40. The lowest BCUT2D eigenvalue weighted by atomic mass is 9.95. The standard InChI is InChI=1S/C14H18BrNO/c1-10-7-16(8-14(2,3)9-17)13-6-11(15)4-5-12(10)13/h4-7,17H,8-9H2,1-3H3. The predicted octanol–water partition coefficient (Wildman–Crippen LogP) is 3.73. The fraction of sp³-hybridized carbons (Fsp3) is 0.429. The second kappa shape index (κ2) is 4.46. The number of halogens is 1. The number of hydrogen-bond donors (Lipinski definition) is 1. The summed E-state index contributed by atoms with van der Waals surface area (Å²) < 4.78 is 3.32. The van der Waals surface area contributed by atoms with Crippen LogP contribution in [0, 0.1) is 12.3 Å². The van der Waals surface area contributed by atoms with Gasteiger partial charge in [-0.05, 0) is 24.6 Å². The van der Waals surface area contributed by atoms with Gasteiger partial charge in [-0.2, -0.15) is 0 Å². The molecule has 0 radical (unpaired) electrons. The molecule has 3 heteroatoms. The van der Waals surface area contributed by atoms with Gasteiger partial charge in [0.15, 0.2) is 0 Å². The van der Waals surface area contributed by atoms with Crippen molar-refractivity contribution < 1.29 is 5.11 Å². The van der Waals surface area contributed by atoms with Crippen LogP contribution in [0.15, 0.2) is 28.9 Å².